The maximum absolute atomic E-state index is 12.9. The number of rotatable bonds is 55. The lowest BCUT2D eigenvalue weighted by atomic mass is 10.0. The summed E-state index contributed by atoms with van der Waals surface area (Å²) in [7, 11) is 0. The number of unbranched alkanes of at least 4 members (excludes halogenated alkanes) is 39. The number of carbonyl (C=O) groups is 3. The summed E-state index contributed by atoms with van der Waals surface area (Å²) in [5.41, 5.74) is 0. The maximum atomic E-state index is 12.9. The highest BCUT2D eigenvalue weighted by molar-refractivity contribution is 5.71. The molecule has 6 nitrogen and oxygen atoms in total. The van der Waals surface area contributed by atoms with Gasteiger partial charge in [0.2, 0.25) is 0 Å². The van der Waals surface area contributed by atoms with E-state index in [1.54, 1.807) is 0 Å². The van der Waals surface area contributed by atoms with Crippen LogP contribution in [0.4, 0.5) is 0 Å². The van der Waals surface area contributed by atoms with E-state index in [0.29, 0.717) is 19.3 Å². The van der Waals surface area contributed by atoms with Crippen LogP contribution >= 0.6 is 0 Å². The van der Waals surface area contributed by atoms with Gasteiger partial charge in [-0.05, 0) is 38.5 Å². The van der Waals surface area contributed by atoms with E-state index < -0.39 is 6.10 Å². The molecule has 0 aromatic rings. The summed E-state index contributed by atoms with van der Waals surface area (Å²) in [5.74, 6) is -0.879. The smallest absolute Gasteiger partial charge is 0.306 e. The summed E-state index contributed by atoms with van der Waals surface area (Å²) in [6.07, 6.45) is 71.1. The molecule has 0 bridgehead atoms. The van der Waals surface area contributed by atoms with Crippen LogP contribution in [0, 0.1) is 0 Å². The van der Waals surface area contributed by atoms with Crippen LogP contribution in [0.25, 0.3) is 0 Å². The topological polar surface area (TPSA) is 78.9 Å². The summed E-state index contributed by atoms with van der Waals surface area (Å²) in [6, 6.07) is 0. The minimum atomic E-state index is -0.780. The molecular formula is C63H114O6. The van der Waals surface area contributed by atoms with Crippen molar-refractivity contribution in [2.45, 2.75) is 322 Å². The Morgan fingerprint density at radius 1 is 0.304 bits per heavy atom. The molecule has 69 heavy (non-hydrogen) atoms. The van der Waals surface area contributed by atoms with Gasteiger partial charge >= 0.3 is 17.9 Å². The van der Waals surface area contributed by atoms with Crippen molar-refractivity contribution in [2.24, 2.45) is 0 Å². The first-order valence-corrected chi connectivity index (χ1v) is 30.2. The van der Waals surface area contributed by atoms with Crippen molar-refractivity contribution in [1.29, 1.82) is 0 Å². The first-order valence-electron chi connectivity index (χ1n) is 30.2. The highest BCUT2D eigenvalue weighted by atomic mass is 16.6. The molecular weight excluding hydrogens is 853 g/mol. The molecule has 0 amide bonds. The quantitative estimate of drug-likeness (QED) is 0.0262. The Balaban J connectivity index is 4.35. The van der Waals surface area contributed by atoms with Crippen molar-refractivity contribution in [3.63, 3.8) is 0 Å². The Labute approximate surface area is 428 Å². The fourth-order valence-corrected chi connectivity index (χ4v) is 8.93. The van der Waals surface area contributed by atoms with Gasteiger partial charge in [-0.2, -0.15) is 0 Å². The van der Waals surface area contributed by atoms with Crippen molar-refractivity contribution in [3.05, 3.63) is 48.6 Å². The molecule has 0 aliphatic heterocycles. The van der Waals surface area contributed by atoms with Crippen LogP contribution in [0.2, 0.25) is 0 Å². The minimum absolute atomic E-state index is 0.0761. The zero-order valence-corrected chi connectivity index (χ0v) is 46.1. The van der Waals surface area contributed by atoms with E-state index in [-0.39, 0.29) is 31.1 Å². The number of hydrogen-bond donors (Lipinski definition) is 0. The van der Waals surface area contributed by atoms with Gasteiger partial charge in [0.05, 0.1) is 0 Å². The maximum Gasteiger partial charge on any atom is 0.306 e. The Morgan fingerprint density at radius 2 is 0.565 bits per heavy atom. The van der Waals surface area contributed by atoms with Crippen LogP contribution in [0.15, 0.2) is 48.6 Å². The van der Waals surface area contributed by atoms with Gasteiger partial charge in [-0.1, -0.05) is 307 Å². The van der Waals surface area contributed by atoms with E-state index in [4.69, 9.17) is 14.2 Å². The van der Waals surface area contributed by atoms with Gasteiger partial charge in [0.15, 0.2) is 6.10 Å². The molecule has 0 N–H and O–H groups in total. The first-order chi connectivity index (χ1) is 34.0. The molecule has 0 saturated carbocycles. The van der Waals surface area contributed by atoms with Crippen molar-refractivity contribution < 1.29 is 28.6 Å². The Bertz CT molecular complexity index is 1200. The standard InChI is InChI=1S/C63H114O6/c1-4-7-10-13-16-19-22-25-28-30-32-35-38-41-44-47-50-53-56-62(65)68-59-60(58-67-61(64)55-52-49-46-43-40-37-34-27-24-21-18-15-12-9-6-3)69-63(66)57-54-51-48-45-42-39-36-33-31-29-26-23-20-17-14-11-8-5-2/h9,12,15,18,21,24,27,34,60H,4-8,10-11,13-14,16-17,19-20,22-23,25-26,28-33,35-59H2,1-3H3/b12-9-,18-15-,24-21-,34-27-. The third-order valence-electron chi connectivity index (χ3n) is 13.4. The van der Waals surface area contributed by atoms with Crippen LogP contribution in [-0.4, -0.2) is 37.2 Å². The Kier molecular flexibility index (Phi) is 55.7. The molecule has 1 atom stereocenters. The fraction of sp³-hybridized carbons (Fsp3) is 0.825. The average Bonchev–Trinajstić information content (AvgIpc) is 3.35. The van der Waals surface area contributed by atoms with E-state index in [9.17, 15) is 14.4 Å². The molecule has 0 aliphatic rings. The third-order valence-corrected chi connectivity index (χ3v) is 13.4. The molecule has 0 radical (unpaired) electrons. The predicted octanol–water partition coefficient (Wildman–Crippen LogP) is 20.2. The molecule has 0 fully saturated rings. The fourth-order valence-electron chi connectivity index (χ4n) is 8.93. The van der Waals surface area contributed by atoms with Crippen molar-refractivity contribution >= 4 is 17.9 Å². The van der Waals surface area contributed by atoms with Crippen LogP contribution in [0.1, 0.15) is 316 Å². The monoisotopic (exact) mass is 967 g/mol. The molecule has 0 aliphatic carbocycles. The Hall–Kier alpha value is -2.63. The second-order valence-electron chi connectivity index (χ2n) is 20.3. The molecule has 0 spiro atoms. The van der Waals surface area contributed by atoms with Gasteiger partial charge in [-0.25, -0.2) is 0 Å². The third kappa shape index (κ3) is 56.2. The summed E-state index contributed by atoms with van der Waals surface area (Å²) < 4.78 is 16.9. The molecule has 0 rings (SSSR count). The number of hydrogen-bond acceptors (Lipinski definition) is 6. The molecule has 1 unspecified atom stereocenters. The lowest BCUT2D eigenvalue weighted by Gasteiger charge is -2.18. The van der Waals surface area contributed by atoms with Crippen molar-refractivity contribution in [3.8, 4) is 0 Å². The lowest BCUT2D eigenvalue weighted by Crippen LogP contribution is -2.30. The highest BCUT2D eigenvalue weighted by Crippen LogP contribution is 2.17. The minimum Gasteiger partial charge on any atom is -0.462 e. The molecule has 402 valence electrons. The van der Waals surface area contributed by atoms with Crippen LogP contribution < -0.4 is 0 Å². The average molecular weight is 968 g/mol. The van der Waals surface area contributed by atoms with Crippen molar-refractivity contribution in [2.75, 3.05) is 13.2 Å². The van der Waals surface area contributed by atoms with Crippen LogP contribution in [0.3, 0.4) is 0 Å². The largest absolute Gasteiger partial charge is 0.462 e. The summed E-state index contributed by atoms with van der Waals surface area (Å²) in [6.45, 7) is 6.54. The summed E-state index contributed by atoms with van der Waals surface area (Å²) in [5, 5.41) is 0. The molecule has 0 heterocycles. The van der Waals surface area contributed by atoms with Gasteiger partial charge < -0.3 is 14.2 Å². The van der Waals surface area contributed by atoms with Gasteiger partial charge in [0.1, 0.15) is 13.2 Å². The van der Waals surface area contributed by atoms with E-state index in [1.807, 2.05) is 18.2 Å². The number of ether oxygens (including phenoxy) is 3. The molecule has 0 aromatic carbocycles. The van der Waals surface area contributed by atoms with Crippen LogP contribution in [-0.2, 0) is 28.6 Å². The SMILES string of the molecule is CC\C=C/C=C\C=C/C=C\CCCCCCCC(=O)OCC(COC(=O)CCCCCCCCCCCCCCCCCCCC)OC(=O)CCCCCCCCCCCCCCCCCCCC. The normalized spacial score (nSPS) is 12.3. The molecule has 0 aromatic heterocycles. The van der Waals surface area contributed by atoms with Gasteiger partial charge in [-0.15, -0.1) is 0 Å². The zero-order chi connectivity index (χ0) is 50.0. The van der Waals surface area contributed by atoms with E-state index in [0.717, 1.165) is 83.5 Å². The van der Waals surface area contributed by atoms with Gasteiger partial charge in [-0.3, -0.25) is 14.4 Å². The predicted molar refractivity (Wildman–Crippen MR) is 298 cm³/mol. The zero-order valence-electron chi connectivity index (χ0n) is 46.1. The van der Waals surface area contributed by atoms with Crippen LogP contribution in [0.5, 0.6) is 0 Å². The highest BCUT2D eigenvalue weighted by Gasteiger charge is 2.19. The van der Waals surface area contributed by atoms with Crippen molar-refractivity contribution in [1.82, 2.24) is 0 Å². The van der Waals surface area contributed by atoms with E-state index >= 15 is 0 Å². The van der Waals surface area contributed by atoms with E-state index in [1.165, 1.54) is 193 Å². The number of carbonyl (C=O) groups excluding carboxylic acids is 3. The summed E-state index contributed by atoms with van der Waals surface area (Å²) in [4.78, 5) is 38.2. The number of allylic oxidation sites excluding steroid dienone is 8. The number of esters is 3. The van der Waals surface area contributed by atoms with Gasteiger partial charge in [0, 0.05) is 19.3 Å². The Morgan fingerprint density at radius 3 is 0.884 bits per heavy atom. The van der Waals surface area contributed by atoms with Gasteiger partial charge in [0.25, 0.3) is 0 Å². The van der Waals surface area contributed by atoms with E-state index in [2.05, 4.69) is 51.2 Å². The second-order valence-corrected chi connectivity index (χ2v) is 20.3. The summed E-state index contributed by atoms with van der Waals surface area (Å²) >= 11 is 0. The molecule has 0 saturated heterocycles. The molecule has 6 heteroatoms. The second kappa shape index (κ2) is 57.9. The lowest BCUT2D eigenvalue weighted by molar-refractivity contribution is -0.167. The first kappa shape index (κ1) is 66.4.